The molecule has 0 fully saturated rings. The first kappa shape index (κ1) is 25.2. The largest absolute Gasteiger partial charge is 0.480 e. The van der Waals surface area contributed by atoms with E-state index in [1.807, 2.05) is 43.3 Å². The number of ether oxygens (including phenoxy) is 1. The molecular formula is C26H32N2O6. The molecule has 0 aromatic heterocycles. The smallest absolute Gasteiger partial charge is 0.407 e. The van der Waals surface area contributed by atoms with Crippen LogP contribution in [-0.2, 0) is 14.3 Å². The van der Waals surface area contributed by atoms with E-state index in [1.54, 1.807) is 0 Å². The van der Waals surface area contributed by atoms with Gasteiger partial charge >= 0.3 is 12.1 Å². The standard InChI is InChI=1S/C26H32N2O6/c1-3-4-9-17(14-23(30)28-24(16(2)29)25(31)32)27-26(33)34-15-22-20-12-7-5-10-18(20)19-11-6-8-13-21(19)22/h5-8,10-13,16-17,22,24,29H,3-4,9,14-15H2,1-2H3,(H,27,33)(H,28,30)(H,31,32)/t16-,17+,24+/m1/s1. The number of fused-ring (bicyclic) bond motifs is 3. The molecule has 2 aromatic carbocycles. The maximum Gasteiger partial charge on any atom is 0.407 e. The van der Waals surface area contributed by atoms with Crippen LogP contribution < -0.4 is 10.6 Å². The number of aliphatic hydroxyl groups is 1. The number of nitrogens with one attached hydrogen (secondary N) is 2. The van der Waals surface area contributed by atoms with Crippen molar-refractivity contribution in [2.24, 2.45) is 0 Å². The van der Waals surface area contributed by atoms with Crippen LogP contribution in [0.5, 0.6) is 0 Å². The van der Waals surface area contributed by atoms with E-state index in [9.17, 15) is 19.5 Å². The Morgan fingerprint density at radius 2 is 1.59 bits per heavy atom. The zero-order valence-corrected chi connectivity index (χ0v) is 19.5. The summed E-state index contributed by atoms with van der Waals surface area (Å²) >= 11 is 0. The summed E-state index contributed by atoms with van der Waals surface area (Å²) in [4.78, 5) is 36.2. The molecule has 0 unspecified atom stereocenters. The molecular weight excluding hydrogens is 436 g/mol. The van der Waals surface area contributed by atoms with Gasteiger partial charge in [0.1, 0.15) is 6.61 Å². The zero-order chi connectivity index (χ0) is 24.7. The molecule has 1 aliphatic carbocycles. The minimum atomic E-state index is -1.41. The van der Waals surface area contributed by atoms with E-state index < -0.39 is 36.2 Å². The molecule has 1 aliphatic rings. The third kappa shape index (κ3) is 6.14. The molecule has 3 atom stereocenters. The monoisotopic (exact) mass is 468 g/mol. The molecule has 0 aliphatic heterocycles. The predicted octanol–water partition coefficient (Wildman–Crippen LogP) is 3.42. The second-order valence-electron chi connectivity index (χ2n) is 8.64. The second-order valence-corrected chi connectivity index (χ2v) is 8.64. The lowest BCUT2D eigenvalue weighted by Gasteiger charge is -2.22. The molecule has 34 heavy (non-hydrogen) atoms. The zero-order valence-electron chi connectivity index (χ0n) is 19.5. The molecule has 8 heteroatoms. The van der Waals surface area contributed by atoms with Crippen LogP contribution in [0.2, 0.25) is 0 Å². The number of unbranched alkanes of at least 4 members (excludes halogenated alkanes) is 1. The summed E-state index contributed by atoms with van der Waals surface area (Å²) < 4.78 is 5.57. The van der Waals surface area contributed by atoms with E-state index in [-0.39, 0.29) is 18.9 Å². The number of hydrogen-bond acceptors (Lipinski definition) is 5. The molecule has 2 aromatic rings. The van der Waals surface area contributed by atoms with Crippen molar-refractivity contribution in [2.45, 2.75) is 63.6 Å². The van der Waals surface area contributed by atoms with Crippen molar-refractivity contribution < 1.29 is 29.3 Å². The Morgan fingerprint density at radius 3 is 2.12 bits per heavy atom. The van der Waals surface area contributed by atoms with E-state index in [2.05, 4.69) is 22.8 Å². The fourth-order valence-corrected chi connectivity index (χ4v) is 4.33. The third-order valence-electron chi connectivity index (χ3n) is 6.07. The fourth-order valence-electron chi connectivity index (χ4n) is 4.33. The second kappa shape index (κ2) is 11.7. The predicted molar refractivity (Wildman–Crippen MR) is 127 cm³/mol. The number of carbonyl (C=O) groups is 3. The van der Waals surface area contributed by atoms with Gasteiger partial charge in [-0.15, -0.1) is 0 Å². The molecule has 0 radical (unpaired) electrons. The lowest BCUT2D eigenvalue weighted by Crippen LogP contribution is -2.49. The van der Waals surface area contributed by atoms with Gasteiger partial charge in [0, 0.05) is 18.4 Å². The molecule has 3 rings (SSSR count). The average molecular weight is 469 g/mol. The highest BCUT2D eigenvalue weighted by Crippen LogP contribution is 2.44. The number of carboxylic acids is 1. The van der Waals surface area contributed by atoms with Crippen molar-refractivity contribution in [1.82, 2.24) is 10.6 Å². The highest BCUT2D eigenvalue weighted by atomic mass is 16.5. The first-order valence-electron chi connectivity index (χ1n) is 11.6. The van der Waals surface area contributed by atoms with Crippen LogP contribution in [0.3, 0.4) is 0 Å². The third-order valence-corrected chi connectivity index (χ3v) is 6.07. The van der Waals surface area contributed by atoms with Gasteiger partial charge in [-0.05, 0) is 35.6 Å². The number of carboxylic acid groups (broad SMARTS) is 1. The number of aliphatic carboxylic acids is 1. The van der Waals surface area contributed by atoms with Gasteiger partial charge in [0.05, 0.1) is 6.10 Å². The fraction of sp³-hybridized carbons (Fsp3) is 0.423. The lowest BCUT2D eigenvalue weighted by molar-refractivity contribution is -0.144. The topological polar surface area (TPSA) is 125 Å². The van der Waals surface area contributed by atoms with Crippen molar-refractivity contribution in [2.75, 3.05) is 6.61 Å². The van der Waals surface area contributed by atoms with Gasteiger partial charge in [-0.25, -0.2) is 9.59 Å². The molecule has 4 N–H and O–H groups in total. The van der Waals surface area contributed by atoms with Gasteiger partial charge in [0.2, 0.25) is 5.91 Å². The van der Waals surface area contributed by atoms with Gasteiger partial charge in [0.25, 0.3) is 0 Å². The van der Waals surface area contributed by atoms with Crippen molar-refractivity contribution in [3.8, 4) is 11.1 Å². The maximum atomic E-state index is 12.6. The van der Waals surface area contributed by atoms with E-state index in [0.29, 0.717) is 6.42 Å². The quantitative estimate of drug-likeness (QED) is 0.400. The van der Waals surface area contributed by atoms with E-state index >= 15 is 0 Å². The Balaban J connectivity index is 1.61. The van der Waals surface area contributed by atoms with Crippen molar-refractivity contribution >= 4 is 18.0 Å². The van der Waals surface area contributed by atoms with E-state index in [1.165, 1.54) is 6.92 Å². The van der Waals surface area contributed by atoms with Gasteiger partial charge in [0.15, 0.2) is 6.04 Å². The number of rotatable bonds is 11. The first-order chi connectivity index (χ1) is 16.3. The number of alkyl carbamates (subject to hydrolysis) is 1. The first-order valence-corrected chi connectivity index (χ1v) is 11.6. The molecule has 2 amide bonds. The van der Waals surface area contributed by atoms with Crippen LogP contribution in [0.15, 0.2) is 48.5 Å². The van der Waals surface area contributed by atoms with Gasteiger partial charge in [-0.3, -0.25) is 4.79 Å². The molecule has 8 nitrogen and oxygen atoms in total. The molecule has 0 saturated heterocycles. The number of amides is 2. The molecule has 0 heterocycles. The van der Waals surface area contributed by atoms with Crippen molar-refractivity contribution in [3.05, 3.63) is 59.7 Å². The van der Waals surface area contributed by atoms with Crippen molar-refractivity contribution in [3.63, 3.8) is 0 Å². The van der Waals surface area contributed by atoms with E-state index in [4.69, 9.17) is 9.84 Å². The molecule has 0 saturated carbocycles. The Bertz CT molecular complexity index is 976. The van der Waals surface area contributed by atoms with Crippen LogP contribution in [0, 0.1) is 0 Å². The number of benzene rings is 2. The molecule has 0 bridgehead atoms. The Morgan fingerprint density at radius 1 is 1.00 bits per heavy atom. The van der Waals surface area contributed by atoms with Crippen LogP contribution in [0.1, 0.15) is 56.6 Å². The summed E-state index contributed by atoms with van der Waals surface area (Å²) in [6.45, 7) is 3.45. The minimum absolute atomic E-state index is 0.0714. The van der Waals surface area contributed by atoms with Gasteiger partial charge < -0.3 is 25.6 Å². The molecule has 0 spiro atoms. The Labute approximate surface area is 199 Å². The minimum Gasteiger partial charge on any atom is -0.480 e. The summed E-state index contributed by atoms with van der Waals surface area (Å²) in [7, 11) is 0. The van der Waals surface area contributed by atoms with Crippen LogP contribution >= 0.6 is 0 Å². The number of aliphatic hydroxyl groups excluding tert-OH is 1. The summed E-state index contributed by atoms with van der Waals surface area (Å²) in [5.41, 5.74) is 4.49. The summed E-state index contributed by atoms with van der Waals surface area (Å²) in [5, 5.41) is 23.8. The van der Waals surface area contributed by atoms with E-state index in [0.717, 1.165) is 35.1 Å². The number of carbonyl (C=O) groups excluding carboxylic acids is 2. The summed E-state index contributed by atoms with van der Waals surface area (Å²) in [5.74, 6) is -1.95. The maximum absolute atomic E-state index is 12.6. The lowest BCUT2D eigenvalue weighted by atomic mass is 9.98. The number of hydrogen-bond donors (Lipinski definition) is 4. The van der Waals surface area contributed by atoms with Crippen LogP contribution in [0.4, 0.5) is 4.79 Å². The Hall–Kier alpha value is -3.39. The summed E-state index contributed by atoms with van der Waals surface area (Å²) in [6.07, 6.45) is 0.212. The normalized spacial score (nSPS) is 14.9. The highest BCUT2D eigenvalue weighted by Gasteiger charge is 2.30. The Kier molecular flexibility index (Phi) is 8.65. The molecule has 182 valence electrons. The SMILES string of the molecule is CCCC[C@@H](CC(=O)N[C@H](C(=O)O)[C@@H](C)O)NC(=O)OCC1c2ccccc2-c2ccccc21. The van der Waals surface area contributed by atoms with Gasteiger partial charge in [-0.2, -0.15) is 0 Å². The highest BCUT2D eigenvalue weighted by molar-refractivity contribution is 5.84. The summed E-state index contributed by atoms with van der Waals surface area (Å²) in [6, 6.07) is 14.2. The van der Waals surface area contributed by atoms with Crippen LogP contribution in [0.25, 0.3) is 11.1 Å². The average Bonchev–Trinajstić information content (AvgIpc) is 3.13. The van der Waals surface area contributed by atoms with Crippen LogP contribution in [-0.4, -0.2) is 53.0 Å². The van der Waals surface area contributed by atoms with Crippen molar-refractivity contribution in [1.29, 1.82) is 0 Å². The van der Waals surface area contributed by atoms with Gasteiger partial charge in [-0.1, -0.05) is 68.3 Å².